The molecule has 11 rings (SSSR count). The van der Waals surface area contributed by atoms with Crippen molar-refractivity contribution in [1.29, 1.82) is 0 Å². The van der Waals surface area contributed by atoms with Gasteiger partial charge in [-0.1, -0.05) is 60.7 Å². The maximum absolute atomic E-state index is 12.1. The number of aromatic hydroxyl groups is 1. The third-order valence-corrected chi connectivity index (χ3v) is 13.6. The Morgan fingerprint density at radius 2 is 0.885 bits per heavy atom. The largest absolute Gasteiger partial charge is 0.507 e. The average molecular weight is 1370 g/mol. The summed E-state index contributed by atoms with van der Waals surface area (Å²) in [5.41, 5.74) is 32.0. The number of rotatable bonds is 14. The van der Waals surface area contributed by atoms with E-state index in [1.165, 1.54) is 46.5 Å². The molecular formula is C64H62BrN21O10. The van der Waals surface area contributed by atoms with Gasteiger partial charge in [-0.15, -0.1) is 20.4 Å². The van der Waals surface area contributed by atoms with Crippen LogP contribution in [0.3, 0.4) is 0 Å². The lowest BCUT2D eigenvalue weighted by Crippen LogP contribution is -2.31. The number of hydrogen-bond acceptors (Lipinski definition) is 27. The highest BCUT2D eigenvalue weighted by molar-refractivity contribution is 9.10. The zero-order chi connectivity index (χ0) is 69.3. The molecule has 96 heavy (non-hydrogen) atoms. The number of methoxy groups -OCH3 is 1. The number of phenols is 1. The molecule has 0 aliphatic heterocycles. The number of nitrogen functional groups attached to an aromatic ring is 5. The highest BCUT2D eigenvalue weighted by Crippen LogP contribution is 2.34. The standard InChI is InChI=1S/C23H22N6O3.C21H18N6O3.C14H16N6O2.C6H6BrN3O2/c1-4-31-18-8-6-5-7-16(18)21-27-28-22(32-21)19-20(24)25-13-17(26-19)14-9-11-15(12-10-14)23(30)29(2)3;1-27(2)21(29)13-9-7-12(8-10-13)15-11-23-18(22)17(24-15)20-26-25-19(30-20)14-5-3-4-6-16(14)28;1-20(2)14(22)9-5-3-8(4-6-9)10-7-17-12(15)11(18-10)13(21)19-16;1-12-6(11)4-5(8)9-2-3(7)10-4/h5-13H,4H2,1-3H3,(H2,24,25);3-11,28H,1-2H3,(H2,22,23);3-7H,16H2,1-2H3,(H2,15,17)(H,19,21);2H,1H3,(H2,8,9). The highest BCUT2D eigenvalue weighted by atomic mass is 79.9. The third-order valence-electron chi connectivity index (χ3n) is 13.2. The normalized spacial score (nSPS) is 10.4. The molecule has 0 aliphatic rings. The number of nitrogens with two attached hydrogens (primary N) is 5. The van der Waals surface area contributed by atoms with Gasteiger partial charge in [-0.05, 0) is 83.5 Å². The fraction of sp³-hybridized carbons (Fsp3) is 0.141. The molecule has 31 nitrogen and oxygen atoms in total. The van der Waals surface area contributed by atoms with Crippen molar-refractivity contribution < 1.29 is 47.4 Å². The molecule has 0 fully saturated rings. The Morgan fingerprint density at radius 1 is 0.500 bits per heavy atom. The quantitative estimate of drug-likeness (QED) is 0.0248. The summed E-state index contributed by atoms with van der Waals surface area (Å²) < 4.78 is 22.0. The van der Waals surface area contributed by atoms with Crippen molar-refractivity contribution >= 4 is 68.8 Å². The van der Waals surface area contributed by atoms with E-state index in [0.717, 1.165) is 11.1 Å². The van der Waals surface area contributed by atoms with Crippen molar-refractivity contribution in [2.75, 3.05) is 78.9 Å². The summed E-state index contributed by atoms with van der Waals surface area (Å²) in [4.78, 5) is 96.1. The second-order valence-corrected chi connectivity index (χ2v) is 21.3. The van der Waals surface area contributed by atoms with Crippen LogP contribution in [-0.2, 0) is 4.74 Å². The molecule has 6 heterocycles. The predicted octanol–water partition coefficient (Wildman–Crippen LogP) is 7.03. The number of ether oxygens (including phenoxy) is 2. The van der Waals surface area contributed by atoms with Crippen LogP contribution in [0, 0.1) is 0 Å². The summed E-state index contributed by atoms with van der Waals surface area (Å²) in [6, 6.07) is 34.9. The third kappa shape index (κ3) is 16.9. The topological polar surface area (TPSA) is 457 Å². The highest BCUT2D eigenvalue weighted by Gasteiger charge is 2.22. The first-order chi connectivity index (χ1) is 46.0. The minimum Gasteiger partial charge on any atom is -0.507 e. The van der Waals surface area contributed by atoms with Crippen molar-refractivity contribution in [3.8, 4) is 91.3 Å². The van der Waals surface area contributed by atoms with E-state index in [4.69, 9.17) is 42.3 Å². The van der Waals surface area contributed by atoms with E-state index in [2.05, 4.69) is 80.9 Å². The van der Waals surface area contributed by atoms with Gasteiger partial charge in [-0.25, -0.2) is 50.5 Å². The second-order valence-electron chi connectivity index (χ2n) is 20.5. The van der Waals surface area contributed by atoms with Crippen molar-refractivity contribution in [3.63, 3.8) is 0 Å². The lowest BCUT2D eigenvalue weighted by atomic mass is 10.1. The van der Waals surface area contributed by atoms with Gasteiger partial charge in [0, 0.05) is 75.7 Å². The lowest BCUT2D eigenvalue weighted by molar-refractivity contribution is 0.0593. The van der Waals surface area contributed by atoms with Crippen molar-refractivity contribution in [1.82, 2.24) is 80.4 Å². The molecule has 490 valence electrons. The van der Waals surface area contributed by atoms with E-state index in [0.29, 0.717) is 73.3 Å². The zero-order valence-electron chi connectivity index (χ0n) is 52.7. The Hall–Kier alpha value is -12.7. The minimum absolute atomic E-state index is 0.00824. The molecular weight excluding hydrogens is 1300 g/mol. The summed E-state index contributed by atoms with van der Waals surface area (Å²) in [7, 11) is 11.4. The van der Waals surface area contributed by atoms with E-state index in [1.807, 2.05) is 36.6 Å². The number of hydrazine groups is 1. The molecule has 32 heteroatoms. The molecule has 0 saturated carbocycles. The van der Waals surface area contributed by atoms with Crippen LogP contribution in [0.25, 0.3) is 79.8 Å². The summed E-state index contributed by atoms with van der Waals surface area (Å²) in [5.74, 6) is 5.28. The van der Waals surface area contributed by atoms with Crippen LogP contribution >= 0.6 is 15.9 Å². The van der Waals surface area contributed by atoms with Gasteiger partial charge in [0.15, 0.2) is 46.0 Å². The Labute approximate surface area is 555 Å². The number of carbonyl (C=O) groups is 5. The number of phenolic OH excluding ortho intramolecular Hbond substituents is 1. The van der Waals surface area contributed by atoms with Crippen LogP contribution in [0.4, 0.5) is 23.3 Å². The van der Waals surface area contributed by atoms with Gasteiger partial charge in [0.25, 0.3) is 47.2 Å². The molecule has 0 radical (unpaired) electrons. The van der Waals surface area contributed by atoms with Crippen LogP contribution in [0.1, 0.15) is 59.0 Å². The fourth-order valence-corrected chi connectivity index (χ4v) is 8.63. The number of para-hydroxylation sites is 2. The molecule has 0 spiro atoms. The number of amides is 4. The van der Waals surface area contributed by atoms with Gasteiger partial charge in [0.2, 0.25) is 0 Å². The molecule has 5 aromatic carbocycles. The van der Waals surface area contributed by atoms with Crippen LogP contribution < -0.4 is 38.9 Å². The monoisotopic (exact) mass is 1360 g/mol. The number of esters is 1. The summed E-state index contributed by atoms with van der Waals surface area (Å²) in [5, 5.41) is 26.2. The van der Waals surface area contributed by atoms with E-state index in [1.54, 1.807) is 139 Å². The Morgan fingerprint density at radius 3 is 1.31 bits per heavy atom. The van der Waals surface area contributed by atoms with Gasteiger partial charge in [-0.3, -0.25) is 24.6 Å². The van der Waals surface area contributed by atoms with Crippen LogP contribution in [-0.4, -0.2) is 166 Å². The molecule has 11 aromatic rings. The van der Waals surface area contributed by atoms with Gasteiger partial charge in [0.1, 0.15) is 16.1 Å². The number of benzene rings is 5. The summed E-state index contributed by atoms with van der Waals surface area (Å²) in [6.45, 7) is 2.41. The molecule has 6 aromatic heterocycles. The average Bonchev–Trinajstić information content (AvgIpc) is 1.53. The number of aromatic nitrogens is 12. The van der Waals surface area contributed by atoms with Gasteiger partial charge in [0.05, 0.1) is 66.7 Å². The second kappa shape index (κ2) is 31.5. The lowest BCUT2D eigenvalue weighted by Gasteiger charge is -2.10. The zero-order valence-corrected chi connectivity index (χ0v) is 54.2. The van der Waals surface area contributed by atoms with Gasteiger partial charge in [-0.2, -0.15) is 0 Å². The Balaban J connectivity index is 0.000000172. The summed E-state index contributed by atoms with van der Waals surface area (Å²) in [6.07, 6.45) is 5.94. The van der Waals surface area contributed by atoms with Crippen molar-refractivity contribution in [2.45, 2.75) is 6.92 Å². The van der Waals surface area contributed by atoms with Crippen LogP contribution in [0.2, 0.25) is 0 Å². The number of anilines is 4. The van der Waals surface area contributed by atoms with Crippen LogP contribution in [0.15, 0.2) is 160 Å². The van der Waals surface area contributed by atoms with Crippen LogP contribution in [0.5, 0.6) is 11.5 Å². The molecule has 12 N–H and O–H groups in total. The SMILES string of the molecule is CCOc1ccccc1-c1nnc(-c2nc(-c3ccc(C(=O)N(C)C)cc3)cnc2N)o1.CN(C)C(=O)c1ccc(-c2cnc(N)c(-c3nnc(-c4ccccc4O)o3)n2)cc1.CN(C)C(=O)c1ccc(-c2cnc(N)c(C(=O)NN)n2)cc1.COC(=O)c1nc(Br)cnc1N. The fourth-order valence-electron chi connectivity index (χ4n) is 8.35. The molecule has 0 unspecified atom stereocenters. The first kappa shape index (κ1) is 69.2. The predicted molar refractivity (Wildman–Crippen MR) is 357 cm³/mol. The van der Waals surface area contributed by atoms with Gasteiger partial charge >= 0.3 is 5.97 Å². The van der Waals surface area contributed by atoms with E-state index >= 15 is 0 Å². The van der Waals surface area contributed by atoms with Gasteiger partial charge < -0.3 is 61.0 Å². The summed E-state index contributed by atoms with van der Waals surface area (Å²) >= 11 is 3.06. The number of nitrogens with one attached hydrogen (secondary N) is 1. The molecule has 0 saturated heterocycles. The van der Waals surface area contributed by atoms with E-state index < -0.39 is 11.9 Å². The van der Waals surface area contributed by atoms with Crippen molar-refractivity contribution in [3.05, 3.63) is 179 Å². The van der Waals surface area contributed by atoms with E-state index in [-0.39, 0.29) is 87.2 Å². The smallest absolute Gasteiger partial charge is 0.360 e. The minimum atomic E-state index is -0.619. The molecule has 4 amide bonds. The number of hydrogen-bond donors (Lipinski definition) is 7. The molecule has 0 aliphatic carbocycles. The Kier molecular flexibility index (Phi) is 22.7. The maximum atomic E-state index is 12.1. The molecule has 0 atom stereocenters. The van der Waals surface area contributed by atoms with E-state index in [9.17, 15) is 29.1 Å². The number of carbonyl (C=O) groups excluding carboxylic acids is 5. The number of nitrogens with zero attached hydrogens (tertiary/aromatic N) is 15. The Bertz CT molecular complexity index is 4590. The molecule has 0 bridgehead atoms. The first-order valence-corrected chi connectivity index (χ1v) is 29.2. The maximum Gasteiger partial charge on any atom is 0.360 e. The first-order valence-electron chi connectivity index (χ1n) is 28.4. The van der Waals surface area contributed by atoms with Crippen molar-refractivity contribution in [2.24, 2.45) is 5.84 Å². The number of halogens is 1.